The van der Waals surface area contributed by atoms with E-state index in [1.165, 1.54) is 24.3 Å². The fourth-order valence-corrected chi connectivity index (χ4v) is 2.66. The number of hydrogen-bond donors (Lipinski definition) is 1. The summed E-state index contributed by atoms with van der Waals surface area (Å²) < 4.78 is 29.1. The SMILES string of the molecule is Cc1cc(C(=O)O)ccc1Oc1ccccc1S(C)(=O)=O. The van der Waals surface area contributed by atoms with Gasteiger partial charge in [0.1, 0.15) is 16.4 Å². The van der Waals surface area contributed by atoms with E-state index in [0.29, 0.717) is 11.3 Å². The van der Waals surface area contributed by atoms with Gasteiger partial charge in [-0.05, 0) is 42.8 Å². The van der Waals surface area contributed by atoms with Crippen molar-refractivity contribution in [1.29, 1.82) is 0 Å². The number of carboxylic acids is 1. The Morgan fingerprint density at radius 1 is 1.10 bits per heavy atom. The lowest BCUT2D eigenvalue weighted by atomic mass is 10.1. The highest BCUT2D eigenvalue weighted by molar-refractivity contribution is 7.90. The minimum atomic E-state index is -3.41. The van der Waals surface area contributed by atoms with Crippen molar-refractivity contribution in [1.82, 2.24) is 0 Å². The first kappa shape index (κ1) is 15.1. The lowest BCUT2D eigenvalue weighted by Gasteiger charge is -2.12. The number of hydrogen-bond acceptors (Lipinski definition) is 4. The van der Waals surface area contributed by atoms with Crippen LogP contribution in [0, 0.1) is 6.92 Å². The van der Waals surface area contributed by atoms with E-state index in [-0.39, 0.29) is 16.2 Å². The number of carboxylic acid groups (broad SMARTS) is 1. The highest BCUT2D eigenvalue weighted by Crippen LogP contribution is 2.30. The predicted molar refractivity (Wildman–Crippen MR) is 77.8 cm³/mol. The van der Waals surface area contributed by atoms with Gasteiger partial charge in [0, 0.05) is 6.26 Å². The summed E-state index contributed by atoms with van der Waals surface area (Å²) in [5.41, 5.74) is 0.759. The molecule has 6 heteroatoms. The Kier molecular flexibility index (Phi) is 3.99. The Morgan fingerprint density at radius 2 is 1.76 bits per heavy atom. The summed E-state index contributed by atoms with van der Waals surface area (Å²) >= 11 is 0. The van der Waals surface area contributed by atoms with Gasteiger partial charge in [-0.2, -0.15) is 0 Å². The van der Waals surface area contributed by atoms with Gasteiger partial charge in [0.05, 0.1) is 5.56 Å². The van der Waals surface area contributed by atoms with E-state index in [2.05, 4.69) is 0 Å². The van der Waals surface area contributed by atoms with Gasteiger partial charge < -0.3 is 9.84 Å². The van der Waals surface area contributed by atoms with Crippen LogP contribution >= 0.6 is 0 Å². The molecule has 0 aromatic heterocycles. The van der Waals surface area contributed by atoms with Crippen LogP contribution in [0.1, 0.15) is 15.9 Å². The van der Waals surface area contributed by atoms with Crippen molar-refractivity contribution in [2.45, 2.75) is 11.8 Å². The molecule has 0 atom stereocenters. The Hall–Kier alpha value is -2.34. The molecule has 0 amide bonds. The van der Waals surface area contributed by atoms with Crippen LogP contribution in [0.25, 0.3) is 0 Å². The fraction of sp³-hybridized carbons (Fsp3) is 0.133. The molecule has 0 saturated heterocycles. The van der Waals surface area contributed by atoms with Crippen molar-refractivity contribution < 1.29 is 23.1 Å². The topological polar surface area (TPSA) is 80.7 Å². The lowest BCUT2D eigenvalue weighted by molar-refractivity contribution is 0.0696. The molecule has 2 aromatic rings. The molecule has 0 fully saturated rings. The molecular formula is C15H14O5S. The van der Waals surface area contributed by atoms with Gasteiger partial charge in [0.2, 0.25) is 0 Å². The highest BCUT2D eigenvalue weighted by atomic mass is 32.2. The Morgan fingerprint density at radius 3 is 2.33 bits per heavy atom. The van der Waals surface area contributed by atoms with Crippen LogP contribution in [0.2, 0.25) is 0 Å². The number of sulfone groups is 1. The van der Waals surface area contributed by atoms with Crippen LogP contribution in [0.3, 0.4) is 0 Å². The largest absolute Gasteiger partial charge is 0.478 e. The van der Waals surface area contributed by atoms with E-state index in [4.69, 9.17) is 9.84 Å². The summed E-state index contributed by atoms with van der Waals surface area (Å²) in [7, 11) is -3.41. The third kappa shape index (κ3) is 3.41. The first-order chi connectivity index (χ1) is 9.79. The summed E-state index contributed by atoms with van der Waals surface area (Å²) in [4.78, 5) is 11.0. The summed E-state index contributed by atoms with van der Waals surface area (Å²) in [6.45, 7) is 1.70. The molecular weight excluding hydrogens is 292 g/mol. The van der Waals surface area contributed by atoms with Gasteiger partial charge in [-0.15, -0.1) is 0 Å². The van der Waals surface area contributed by atoms with Crippen LogP contribution in [-0.4, -0.2) is 25.7 Å². The second-order valence-corrected chi connectivity index (χ2v) is 6.59. The van der Waals surface area contributed by atoms with Crippen LogP contribution in [-0.2, 0) is 9.84 Å². The van der Waals surface area contributed by atoms with E-state index in [0.717, 1.165) is 6.26 Å². The maximum Gasteiger partial charge on any atom is 0.335 e. The summed E-state index contributed by atoms with van der Waals surface area (Å²) in [6.07, 6.45) is 1.11. The number of rotatable bonds is 4. The second-order valence-electron chi connectivity index (χ2n) is 4.61. The van der Waals surface area contributed by atoms with Gasteiger partial charge >= 0.3 is 5.97 Å². The van der Waals surface area contributed by atoms with E-state index in [1.54, 1.807) is 25.1 Å². The number of aryl methyl sites for hydroxylation is 1. The van der Waals surface area contributed by atoms with Crippen molar-refractivity contribution >= 4 is 15.8 Å². The number of carbonyl (C=O) groups is 1. The predicted octanol–water partition coefficient (Wildman–Crippen LogP) is 2.89. The standard InChI is InChI=1S/C15H14O5S/c1-10-9-11(15(16)17)7-8-12(10)20-13-5-3-4-6-14(13)21(2,18)19/h3-9H,1-2H3,(H,16,17). The number of ether oxygens (including phenoxy) is 1. The first-order valence-electron chi connectivity index (χ1n) is 6.10. The molecule has 0 unspecified atom stereocenters. The van der Waals surface area contributed by atoms with Gasteiger partial charge in [0.15, 0.2) is 9.84 Å². The average Bonchev–Trinajstić information content (AvgIpc) is 2.40. The van der Waals surface area contributed by atoms with Crippen molar-refractivity contribution in [3.8, 4) is 11.5 Å². The zero-order chi connectivity index (χ0) is 15.6. The molecule has 0 spiro atoms. The minimum absolute atomic E-state index is 0.0895. The Balaban J connectivity index is 2.42. The van der Waals surface area contributed by atoms with Gasteiger partial charge in [0.25, 0.3) is 0 Å². The molecule has 0 bridgehead atoms. The molecule has 1 N–H and O–H groups in total. The Labute approximate surface area is 122 Å². The maximum atomic E-state index is 11.7. The van der Waals surface area contributed by atoms with E-state index >= 15 is 0 Å². The van der Waals surface area contributed by atoms with Gasteiger partial charge in [-0.1, -0.05) is 12.1 Å². The highest BCUT2D eigenvalue weighted by Gasteiger charge is 2.15. The van der Waals surface area contributed by atoms with Crippen molar-refractivity contribution in [2.24, 2.45) is 0 Å². The fourth-order valence-electron chi connectivity index (χ4n) is 1.86. The molecule has 0 radical (unpaired) electrons. The molecule has 0 heterocycles. The quantitative estimate of drug-likeness (QED) is 0.939. The second kappa shape index (κ2) is 5.57. The van der Waals surface area contributed by atoms with Crippen LogP contribution in [0.15, 0.2) is 47.4 Å². The van der Waals surface area contributed by atoms with Crippen molar-refractivity contribution in [3.05, 3.63) is 53.6 Å². The molecule has 110 valence electrons. The number of benzene rings is 2. The monoisotopic (exact) mass is 306 g/mol. The third-order valence-corrected chi connectivity index (χ3v) is 4.03. The molecule has 21 heavy (non-hydrogen) atoms. The first-order valence-corrected chi connectivity index (χ1v) is 7.99. The van der Waals surface area contributed by atoms with E-state index in [1.807, 2.05) is 0 Å². The summed E-state index contributed by atoms with van der Waals surface area (Å²) in [5.74, 6) is -0.400. The summed E-state index contributed by atoms with van der Waals surface area (Å²) in [6, 6.07) is 10.7. The smallest absolute Gasteiger partial charge is 0.335 e. The van der Waals surface area contributed by atoms with Crippen LogP contribution in [0.5, 0.6) is 11.5 Å². The van der Waals surface area contributed by atoms with Crippen molar-refractivity contribution in [3.63, 3.8) is 0 Å². The maximum absolute atomic E-state index is 11.7. The van der Waals surface area contributed by atoms with Crippen LogP contribution in [0.4, 0.5) is 0 Å². The molecule has 0 aliphatic rings. The molecule has 0 saturated carbocycles. The molecule has 0 aliphatic heterocycles. The van der Waals surface area contributed by atoms with Gasteiger partial charge in [-0.25, -0.2) is 13.2 Å². The zero-order valence-electron chi connectivity index (χ0n) is 11.5. The van der Waals surface area contributed by atoms with E-state index in [9.17, 15) is 13.2 Å². The number of para-hydroxylation sites is 1. The molecule has 0 aliphatic carbocycles. The normalized spacial score (nSPS) is 11.1. The Bertz CT molecular complexity index is 793. The average molecular weight is 306 g/mol. The minimum Gasteiger partial charge on any atom is -0.478 e. The third-order valence-electron chi connectivity index (χ3n) is 2.89. The number of aromatic carboxylic acids is 1. The van der Waals surface area contributed by atoms with E-state index < -0.39 is 15.8 Å². The summed E-state index contributed by atoms with van der Waals surface area (Å²) in [5, 5.41) is 8.92. The van der Waals surface area contributed by atoms with Crippen molar-refractivity contribution in [2.75, 3.05) is 6.26 Å². The lowest BCUT2D eigenvalue weighted by Crippen LogP contribution is -2.01. The molecule has 2 aromatic carbocycles. The zero-order valence-corrected chi connectivity index (χ0v) is 12.3. The molecule has 5 nitrogen and oxygen atoms in total. The molecule has 2 rings (SSSR count). The van der Waals surface area contributed by atoms with Crippen LogP contribution < -0.4 is 4.74 Å². The van der Waals surface area contributed by atoms with Gasteiger partial charge in [-0.3, -0.25) is 0 Å².